The van der Waals surface area contributed by atoms with Gasteiger partial charge in [-0.3, -0.25) is 9.78 Å². The van der Waals surface area contributed by atoms with E-state index in [0.29, 0.717) is 12.1 Å². The first kappa shape index (κ1) is 14.9. The van der Waals surface area contributed by atoms with Crippen LogP contribution in [-0.2, 0) is 0 Å². The third-order valence-corrected chi connectivity index (χ3v) is 3.61. The maximum absolute atomic E-state index is 12.3. The van der Waals surface area contributed by atoms with Crippen molar-refractivity contribution >= 4 is 11.4 Å². The monoisotopic (exact) mass is 299 g/mol. The SMILES string of the molecule is O=C(CC=C(c1ccccc1)c1ccccc1)c1ccccn1. The van der Waals surface area contributed by atoms with Crippen molar-refractivity contribution in [3.8, 4) is 0 Å². The molecule has 0 N–H and O–H groups in total. The van der Waals surface area contributed by atoms with Gasteiger partial charge in [0.05, 0.1) is 0 Å². The van der Waals surface area contributed by atoms with Gasteiger partial charge < -0.3 is 0 Å². The summed E-state index contributed by atoms with van der Waals surface area (Å²) in [5, 5.41) is 0. The molecular formula is C21H17NO. The standard InChI is InChI=1S/C21H17NO/c23-21(20-13-7-8-16-22-20)15-14-19(17-9-3-1-4-10-17)18-11-5-2-6-12-18/h1-14,16H,15H2. The van der Waals surface area contributed by atoms with Crippen LogP contribution in [0.25, 0.3) is 5.57 Å². The van der Waals surface area contributed by atoms with Crippen molar-refractivity contribution in [3.05, 3.63) is 108 Å². The van der Waals surface area contributed by atoms with E-state index in [1.54, 1.807) is 12.3 Å². The number of pyridine rings is 1. The van der Waals surface area contributed by atoms with E-state index in [9.17, 15) is 4.79 Å². The van der Waals surface area contributed by atoms with Gasteiger partial charge in [0.1, 0.15) is 5.69 Å². The van der Waals surface area contributed by atoms with Crippen molar-refractivity contribution in [3.63, 3.8) is 0 Å². The summed E-state index contributed by atoms with van der Waals surface area (Å²) in [6, 6.07) is 25.6. The molecule has 0 spiro atoms. The van der Waals surface area contributed by atoms with Gasteiger partial charge in [0.25, 0.3) is 0 Å². The second kappa shape index (κ2) is 7.32. The summed E-state index contributed by atoms with van der Waals surface area (Å²) in [4.78, 5) is 16.4. The second-order valence-corrected chi connectivity index (χ2v) is 5.19. The van der Waals surface area contributed by atoms with Gasteiger partial charge in [-0.1, -0.05) is 72.8 Å². The Hall–Kier alpha value is -3.00. The molecule has 2 heteroatoms. The van der Waals surface area contributed by atoms with Crippen LogP contribution >= 0.6 is 0 Å². The summed E-state index contributed by atoms with van der Waals surface area (Å²) < 4.78 is 0. The molecule has 0 saturated carbocycles. The molecule has 0 amide bonds. The average molecular weight is 299 g/mol. The zero-order chi connectivity index (χ0) is 15.9. The van der Waals surface area contributed by atoms with Gasteiger partial charge in [-0.15, -0.1) is 0 Å². The Bertz CT molecular complexity index is 752. The minimum absolute atomic E-state index is 0.0231. The first-order valence-corrected chi connectivity index (χ1v) is 7.60. The van der Waals surface area contributed by atoms with Crippen molar-refractivity contribution in [1.29, 1.82) is 0 Å². The number of hydrogen-bond acceptors (Lipinski definition) is 2. The minimum atomic E-state index is 0.0231. The van der Waals surface area contributed by atoms with Crippen LogP contribution < -0.4 is 0 Å². The molecule has 0 saturated heterocycles. The molecule has 3 rings (SSSR count). The number of ketones is 1. The number of rotatable bonds is 5. The fraction of sp³-hybridized carbons (Fsp3) is 0.0476. The van der Waals surface area contributed by atoms with Gasteiger partial charge in [-0.05, 0) is 28.8 Å². The minimum Gasteiger partial charge on any atom is -0.292 e. The zero-order valence-corrected chi connectivity index (χ0v) is 12.7. The summed E-state index contributed by atoms with van der Waals surface area (Å²) >= 11 is 0. The third kappa shape index (κ3) is 3.80. The highest BCUT2D eigenvalue weighted by atomic mass is 16.1. The van der Waals surface area contributed by atoms with Gasteiger partial charge in [-0.25, -0.2) is 0 Å². The largest absolute Gasteiger partial charge is 0.292 e. The summed E-state index contributed by atoms with van der Waals surface area (Å²) in [5.41, 5.74) is 3.78. The topological polar surface area (TPSA) is 30.0 Å². The fourth-order valence-electron chi connectivity index (χ4n) is 2.46. The lowest BCUT2D eigenvalue weighted by Gasteiger charge is -2.08. The first-order chi connectivity index (χ1) is 11.3. The molecule has 0 aliphatic rings. The molecule has 23 heavy (non-hydrogen) atoms. The molecule has 0 atom stereocenters. The quantitative estimate of drug-likeness (QED) is 0.634. The highest BCUT2D eigenvalue weighted by Gasteiger charge is 2.08. The Balaban J connectivity index is 1.91. The zero-order valence-electron chi connectivity index (χ0n) is 12.7. The molecule has 112 valence electrons. The molecule has 2 aromatic carbocycles. The Morgan fingerprint density at radius 2 is 1.35 bits per heavy atom. The molecule has 0 unspecified atom stereocenters. The molecule has 2 nitrogen and oxygen atoms in total. The van der Waals surface area contributed by atoms with Crippen molar-refractivity contribution in [2.45, 2.75) is 6.42 Å². The molecule has 0 fully saturated rings. The molecule has 0 radical (unpaired) electrons. The number of benzene rings is 2. The van der Waals surface area contributed by atoms with E-state index in [0.717, 1.165) is 16.7 Å². The lowest BCUT2D eigenvalue weighted by Crippen LogP contribution is -2.00. The third-order valence-electron chi connectivity index (χ3n) is 3.61. The Kier molecular flexibility index (Phi) is 4.75. The van der Waals surface area contributed by atoms with Gasteiger partial charge >= 0.3 is 0 Å². The van der Waals surface area contributed by atoms with Crippen LogP contribution in [0, 0.1) is 0 Å². The number of allylic oxidation sites excluding steroid dienone is 1. The summed E-state index contributed by atoms with van der Waals surface area (Å²) in [5.74, 6) is 0.0231. The Morgan fingerprint density at radius 3 is 1.87 bits per heavy atom. The number of nitrogens with zero attached hydrogens (tertiary/aromatic N) is 1. The van der Waals surface area contributed by atoms with Gasteiger partial charge in [0, 0.05) is 12.6 Å². The lowest BCUT2D eigenvalue weighted by molar-refractivity contribution is 0.0991. The first-order valence-electron chi connectivity index (χ1n) is 7.60. The molecule has 3 aromatic rings. The van der Waals surface area contributed by atoms with Gasteiger partial charge in [-0.2, -0.15) is 0 Å². The maximum atomic E-state index is 12.3. The fourth-order valence-corrected chi connectivity index (χ4v) is 2.46. The Morgan fingerprint density at radius 1 is 0.783 bits per heavy atom. The van der Waals surface area contributed by atoms with E-state index in [-0.39, 0.29) is 5.78 Å². The maximum Gasteiger partial charge on any atom is 0.184 e. The summed E-state index contributed by atoms with van der Waals surface area (Å²) in [7, 11) is 0. The predicted molar refractivity (Wildman–Crippen MR) is 93.1 cm³/mol. The summed E-state index contributed by atoms with van der Waals surface area (Å²) in [6.07, 6.45) is 3.96. The number of Topliss-reactive ketones (excluding diaryl/α,β-unsaturated/α-hetero) is 1. The average Bonchev–Trinajstić information content (AvgIpc) is 2.64. The van der Waals surface area contributed by atoms with Crippen LogP contribution in [-0.4, -0.2) is 10.8 Å². The highest BCUT2D eigenvalue weighted by molar-refractivity contribution is 5.96. The van der Waals surface area contributed by atoms with Crippen molar-refractivity contribution in [1.82, 2.24) is 4.98 Å². The van der Waals surface area contributed by atoms with E-state index >= 15 is 0 Å². The van der Waals surface area contributed by atoms with Crippen molar-refractivity contribution in [2.75, 3.05) is 0 Å². The highest BCUT2D eigenvalue weighted by Crippen LogP contribution is 2.24. The van der Waals surface area contributed by atoms with Gasteiger partial charge in [0.2, 0.25) is 0 Å². The summed E-state index contributed by atoms with van der Waals surface area (Å²) in [6.45, 7) is 0. The van der Waals surface area contributed by atoms with E-state index in [2.05, 4.69) is 29.2 Å². The lowest BCUT2D eigenvalue weighted by atomic mass is 9.96. The van der Waals surface area contributed by atoms with Crippen molar-refractivity contribution in [2.24, 2.45) is 0 Å². The smallest absolute Gasteiger partial charge is 0.184 e. The van der Waals surface area contributed by atoms with Crippen LogP contribution in [0.3, 0.4) is 0 Å². The van der Waals surface area contributed by atoms with Crippen molar-refractivity contribution < 1.29 is 4.79 Å². The van der Waals surface area contributed by atoms with Crippen LogP contribution in [0.15, 0.2) is 91.1 Å². The molecule has 1 heterocycles. The van der Waals surface area contributed by atoms with Crippen LogP contribution in [0.4, 0.5) is 0 Å². The van der Waals surface area contributed by atoms with E-state index in [1.165, 1.54) is 0 Å². The van der Waals surface area contributed by atoms with E-state index < -0.39 is 0 Å². The normalized spacial score (nSPS) is 10.1. The number of aromatic nitrogens is 1. The molecule has 0 aliphatic heterocycles. The number of carbonyl (C=O) groups is 1. The number of carbonyl (C=O) groups excluding carboxylic acids is 1. The molecule has 0 aliphatic carbocycles. The van der Waals surface area contributed by atoms with Crippen LogP contribution in [0.2, 0.25) is 0 Å². The Labute approximate surface area is 136 Å². The second-order valence-electron chi connectivity index (χ2n) is 5.19. The number of hydrogen-bond donors (Lipinski definition) is 0. The van der Waals surface area contributed by atoms with Gasteiger partial charge in [0.15, 0.2) is 5.78 Å². The predicted octanol–water partition coefficient (Wildman–Crippen LogP) is 4.79. The van der Waals surface area contributed by atoms with E-state index in [1.807, 2.05) is 54.6 Å². The van der Waals surface area contributed by atoms with Crippen LogP contribution in [0.1, 0.15) is 28.0 Å². The van der Waals surface area contributed by atoms with Crippen LogP contribution in [0.5, 0.6) is 0 Å². The van der Waals surface area contributed by atoms with E-state index in [4.69, 9.17) is 0 Å². The molecule has 1 aromatic heterocycles. The molecular weight excluding hydrogens is 282 g/mol. The molecule has 0 bridgehead atoms.